The highest BCUT2D eigenvalue weighted by Crippen LogP contribution is 2.18. The van der Waals surface area contributed by atoms with Crippen molar-refractivity contribution in [1.82, 2.24) is 15.3 Å². The summed E-state index contributed by atoms with van der Waals surface area (Å²) in [6.07, 6.45) is 1.38. The molecule has 0 aliphatic carbocycles. The monoisotopic (exact) mass is 212 g/mol. The zero-order valence-electron chi connectivity index (χ0n) is 8.99. The van der Waals surface area contributed by atoms with Crippen molar-refractivity contribution in [3.05, 3.63) is 11.9 Å². The van der Waals surface area contributed by atoms with Crippen molar-refractivity contribution in [3.8, 4) is 5.88 Å². The molecule has 0 fully saturated rings. The smallest absolute Gasteiger partial charge is 0.222 e. The van der Waals surface area contributed by atoms with Crippen LogP contribution in [0.2, 0.25) is 0 Å². The van der Waals surface area contributed by atoms with E-state index in [1.807, 2.05) is 0 Å². The molecule has 1 aromatic rings. The van der Waals surface area contributed by atoms with Crippen LogP contribution >= 0.6 is 0 Å². The minimum Gasteiger partial charge on any atom is -0.481 e. The minimum absolute atomic E-state index is 0.437. The Hall–Kier alpha value is -1.40. The first-order chi connectivity index (χ1) is 7.29. The number of ether oxygens (including phenoxy) is 2. The number of hydrogen-bond donors (Lipinski definition) is 2. The maximum absolute atomic E-state index is 5.71. The third kappa shape index (κ3) is 3.34. The second kappa shape index (κ2) is 6.15. The normalized spacial score (nSPS) is 10.3. The quantitative estimate of drug-likeness (QED) is 0.636. The molecule has 0 saturated carbocycles. The van der Waals surface area contributed by atoms with Crippen LogP contribution in [-0.2, 0) is 11.3 Å². The average molecular weight is 212 g/mol. The van der Waals surface area contributed by atoms with Crippen molar-refractivity contribution < 1.29 is 9.47 Å². The standard InChI is InChI=1S/C9H16N4O2/c1-14-4-3-11-5-7-8(10)12-6-13-9(7)15-2/h6,11H,3-5H2,1-2H3,(H2,10,12,13). The third-order valence-corrected chi connectivity index (χ3v) is 1.92. The van der Waals surface area contributed by atoms with Gasteiger partial charge in [-0.25, -0.2) is 9.97 Å². The van der Waals surface area contributed by atoms with Crippen LogP contribution < -0.4 is 15.8 Å². The van der Waals surface area contributed by atoms with Crippen molar-refractivity contribution >= 4 is 5.82 Å². The van der Waals surface area contributed by atoms with E-state index in [-0.39, 0.29) is 0 Å². The van der Waals surface area contributed by atoms with Crippen molar-refractivity contribution in [2.24, 2.45) is 0 Å². The van der Waals surface area contributed by atoms with Gasteiger partial charge in [-0.05, 0) is 0 Å². The van der Waals surface area contributed by atoms with E-state index in [4.69, 9.17) is 15.2 Å². The minimum atomic E-state index is 0.437. The second-order valence-corrected chi connectivity index (χ2v) is 2.92. The molecule has 0 amide bonds. The number of nitrogen functional groups attached to an aromatic ring is 1. The third-order valence-electron chi connectivity index (χ3n) is 1.92. The number of methoxy groups -OCH3 is 2. The summed E-state index contributed by atoms with van der Waals surface area (Å²) in [5.41, 5.74) is 6.48. The number of hydrogen-bond acceptors (Lipinski definition) is 6. The van der Waals surface area contributed by atoms with Gasteiger partial charge in [0.15, 0.2) is 0 Å². The van der Waals surface area contributed by atoms with Gasteiger partial charge < -0.3 is 20.5 Å². The Morgan fingerprint density at radius 3 is 2.87 bits per heavy atom. The van der Waals surface area contributed by atoms with Gasteiger partial charge in [-0.2, -0.15) is 0 Å². The molecule has 0 spiro atoms. The van der Waals surface area contributed by atoms with Gasteiger partial charge in [0, 0.05) is 20.2 Å². The molecule has 0 aliphatic heterocycles. The summed E-state index contributed by atoms with van der Waals surface area (Å²) in [6.45, 7) is 1.96. The maximum atomic E-state index is 5.71. The van der Waals surface area contributed by atoms with Gasteiger partial charge in [0.2, 0.25) is 5.88 Å². The summed E-state index contributed by atoms with van der Waals surface area (Å²) in [5, 5.41) is 3.15. The Bertz CT molecular complexity index is 306. The summed E-state index contributed by atoms with van der Waals surface area (Å²) in [5.74, 6) is 0.944. The average Bonchev–Trinajstić information content (AvgIpc) is 2.26. The van der Waals surface area contributed by atoms with E-state index in [0.29, 0.717) is 24.8 Å². The predicted molar refractivity (Wildman–Crippen MR) is 56.6 cm³/mol. The lowest BCUT2D eigenvalue weighted by molar-refractivity contribution is 0.199. The molecular formula is C9H16N4O2. The van der Waals surface area contributed by atoms with Crippen LogP contribution in [0.5, 0.6) is 5.88 Å². The van der Waals surface area contributed by atoms with Crippen LogP contribution in [0.4, 0.5) is 5.82 Å². The zero-order valence-corrected chi connectivity index (χ0v) is 8.99. The van der Waals surface area contributed by atoms with E-state index in [0.717, 1.165) is 12.1 Å². The lowest BCUT2D eigenvalue weighted by atomic mass is 10.3. The molecule has 6 nitrogen and oxygen atoms in total. The first kappa shape index (κ1) is 11.7. The first-order valence-electron chi connectivity index (χ1n) is 4.62. The molecular weight excluding hydrogens is 196 g/mol. The Labute approximate surface area is 88.8 Å². The first-order valence-corrected chi connectivity index (χ1v) is 4.62. The highest BCUT2D eigenvalue weighted by Gasteiger charge is 2.08. The fraction of sp³-hybridized carbons (Fsp3) is 0.556. The lowest BCUT2D eigenvalue weighted by Crippen LogP contribution is -2.20. The van der Waals surface area contributed by atoms with Gasteiger partial charge in [-0.3, -0.25) is 0 Å². The van der Waals surface area contributed by atoms with Gasteiger partial charge in [-0.1, -0.05) is 0 Å². The molecule has 0 aromatic carbocycles. The largest absolute Gasteiger partial charge is 0.481 e. The van der Waals surface area contributed by atoms with Gasteiger partial charge >= 0.3 is 0 Å². The number of nitrogens with one attached hydrogen (secondary N) is 1. The van der Waals surface area contributed by atoms with Crippen LogP contribution in [0.3, 0.4) is 0 Å². The van der Waals surface area contributed by atoms with Crippen molar-refractivity contribution in [3.63, 3.8) is 0 Å². The Balaban J connectivity index is 2.58. The summed E-state index contributed by atoms with van der Waals surface area (Å²) in [4.78, 5) is 7.87. The van der Waals surface area contributed by atoms with E-state index in [1.165, 1.54) is 6.33 Å². The van der Waals surface area contributed by atoms with Gasteiger partial charge in [0.25, 0.3) is 0 Å². The highest BCUT2D eigenvalue weighted by atomic mass is 16.5. The molecule has 0 atom stereocenters. The predicted octanol–water partition coefficient (Wildman–Crippen LogP) is -0.197. The number of nitrogens with two attached hydrogens (primary N) is 1. The van der Waals surface area contributed by atoms with E-state index < -0.39 is 0 Å². The van der Waals surface area contributed by atoms with E-state index in [2.05, 4.69) is 15.3 Å². The molecule has 84 valence electrons. The van der Waals surface area contributed by atoms with E-state index >= 15 is 0 Å². The molecule has 0 unspecified atom stereocenters. The number of rotatable bonds is 6. The van der Waals surface area contributed by atoms with Crippen LogP contribution in [0, 0.1) is 0 Å². The molecule has 3 N–H and O–H groups in total. The molecule has 15 heavy (non-hydrogen) atoms. The van der Waals surface area contributed by atoms with Crippen LogP contribution in [0.25, 0.3) is 0 Å². The topological polar surface area (TPSA) is 82.3 Å². The Morgan fingerprint density at radius 1 is 1.40 bits per heavy atom. The highest BCUT2D eigenvalue weighted by molar-refractivity contribution is 5.44. The van der Waals surface area contributed by atoms with Gasteiger partial charge in [0.05, 0.1) is 19.3 Å². The van der Waals surface area contributed by atoms with Gasteiger partial charge in [-0.15, -0.1) is 0 Å². The van der Waals surface area contributed by atoms with E-state index in [1.54, 1.807) is 14.2 Å². The van der Waals surface area contributed by atoms with E-state index in [9.17, 15) is 0 Å². The number of aromatic nitrogens is 2. The molecule has 1 rings (SSSR count). The van der Waals surface area contributed by atoms with Crippen molar-refractivity contribution in [1.29, 1.82) is 0 Å². The maximum Gasteiger partial charge on any atom is 0.222 e. The summed E-state index contributed by atoms with van der Waals surface area (Å²) in [7, 11) is 3.21. The number of anilines is 1. The zero-order chi connectivity index (χ0) is 11.1. The lowest BCUT2D eigenvalue weighted by Gasteiger charge is -2.09. The number of nitrogens with zero attached hydrogens (tertiary/aromatic N) is 2. The Morgan fingerprint density at radius 2 is 2.20 bits per heavy atom. The van der Waals surface area contributed by atoms with Gasteiger partial charge in [0.1, 0.15) is 12.1 Å². The SMILES string of the molecule is COCCNCc1c(N)ncnc1OC. The molecule has 0 aliphatic rings. The van der Waals surface area contributed by atoms with Crippen LogP contribution in [0.15, 0.2) is 6.33 Å². The molecule has 0 bridgehead atoms. The summed E-state index contributed by atoms with van der Waals surface area (Å²) in [6, 6.07) is 0. The fourth-order valence-electron chi connectivity index (χ4n) is 1.14. The van der Waals surface area contributed by atoms with Crippen molar-refractivity contribution in [2.75, 3.05) is 33.1 Å². The summed E-state index contributed by atoms with van der Waals surface area (Å²) < 4.78 is 9.99. The van der Waals surface area contributed by atoms with Crippen molar-refractivity contribution in [2.45, 2.75) is 6.54 Å². The summed E-state index contributed by atoms with van der Waals surface area (Å²) >= 11 is 0. The molecule has 1 aromatic heterocycles. The molecule has 0 radical (unpaired) electrons. The molecule has 1 heterocycles. The molecule has 0 saturated heterocycles. The second-order valence-electron chi connectivity index (χ2n) is 2.92. The Kier molecular flexibility index (Phi) is 4.79. The van der Waals surface area contributed by atoms with Crippen LogP contribution in [0.1, 0.15) is 5.56 Å². The molecule has 6 heteroatoms. The van der Waals surface area contributed by atoms with Crippen LogP contribution in [-0.4, -0.2) is 37.3 Å². The fourth-order valence-corrected chi connectivity index (χ4v) is 1.14.